The minimum Gasteiger partial charge on any atom is -0.418 e. The molecule has 0 radical (unpaired) electrons. The highest BCUT2D eigenvalue weighted by atomic mass is 127. The summed E-state index contributed by atoms with van der Waals surface area (Å²) in [5.41, 5.74) is 0. The summed E-state index contributed by atoms with van der Waals surface area (Å²) in [6.45, 7) is 4.54. The van der Waals surface area contributed by atoms with E-state index in [1.807, 2.05) is 0 Å². The van der Waals surface area contributed by atoms with E-state index in [1.165, 1.54) is 20.9 Å². The highest BCUT2D eigenvalue weighted by Gasteiger charge is 2.20. The van der Waals surface area contributed by atoms with Crippen LogP contribution in [-0.4, -0.2) is 7.25 Å². The summed E-state index contributed by atoms with van der Waals surface area (Å²) >= 11 is 3.70. The topological polar surface area (TPSA) is 0 Å². The zero-order chi connectivity index (χ0) is 15.6. The molecule has 0 aliphatic heterocycles. The Balaban J connectivity index is 0.000000621. The summed E-state index contributed by atoms with van der Waals surface area (Å²) in [7, 11) is -6.00. The maximum atomic E-state index is 9.75. The van der Waals surface area contributed by atoms with Crippen molar-refractivity contribution in [3.8, 4) is 0 Å². The van der Waals surface area contributed by atoms with E-state index < -0.39 is 7.25 Å². The lowest BCUT2D eigenvalue weighted by Gasteiger charge is -2.00. The average molecular weight is 467 g/mol. The minimum atomic E-state index is -6.00. The molecule has 1 aromatic carbocycles. The van der Waals surface area contributed by atoms with Gasteiger partial charge in [0.1, 0.15) is 0 Å². The summed E-state index contributed by atoms with van der Waals surface area (Å²) in [5.74, 6) is 0.792. The van der Waals surface area contributed by atoms with E-state index >= 15 is 0 Å². The first-order valence-electron chi connectivity index (χ1n) is 6.08. The average Bonchev–Trinajstić information content (AvgIpc) is 2.33. The largest absolute Gasteiger partial charge is 0.673 e. The van der Waals surface area contributed by atoms with Crippen LogP contribution in [0.5, 0.6) is 0 Å². The van der Waals surface area contributed by atoms with Gasteiger partial charge in [-0.3, -0.25) is 0 Å². The lowest BCUT2D eigenvalue weighted by atomic mass is 10.1. The van der Waals surface area contributed by atoms with Gasteiger partial charge in [0, 0.05) is 4.48 Å². The van der Waals surface area contributed by atoms with Crippen molar-refractivity contribution in [1.29, 1.82) is 0 Å². The van der Waals surface area contributed by atoms with Gasteiger partial charge < -0.3 is 17.3 Å². The second kappa shape index (κ2) is 10.6. The smallest absolute Gasteiger partial charge is 0.418 e. The van der Waals surface area contributed by atoms with Crippen molar-refractivity contribution in [2.45, 2.75) is 26.7 Å². The molecule has 0 aromatic heterocycles. The van der Waals surface area contributed by atoms with Crippen LogP contribution in [0.2, 0.25) is 0 Å². The van der Waals surface area contributed by atoms with Gasteiger partial charge in [-0.15, -0.1) is 0 Å². The normalized spacial score (nSPS) is 12.1. The summed E-state index contributed by atoms with van der Waals surface area (Å²) in [6.07, 6.45) is 2.46. The minimum absolute atomic E-state index is 0.0453. The summed E-state index contributed by atoms with van der Waals surface area (Å²) < 4.78 is 44.3. The molecule has 0 saturated heterocycles. The van der Waals surface area contributed by atoms with Crippen LogP contribution >= 0.6 is 15.9 Å². The summed E-state index contributed by atoms with van der Waals surface area (Å²) in [6, 6.07) is 10.7. The first-order valence-corrected chi connectivity index (χ1v) is 9.20. The van der Waals surface area contributed by atoms with Crippen molar-refractivity contribution in [2.75, 3.05) is 0 Å². The van der Waals surface area contributed by atoms with Gasteiger partial charge in [-0.1, -0.05) is 48.0 Å². The van der Waals surface area contributed by atoms with Gasteiger partial charge in [-0.05, 0) is 30.9 Å². The molecule has 7 heteroatoms. The number of hydrogen-bond acceptors (Lipinski definition) is 0. The molecule has 0 heterocycles. The Labute approximate surface area is 136 Å². The van der Waals surface area contributed by atoms with Crippen LogP contribution in [0.25, 0.3) is 0 Å². The number of allylic oxidation sites excluding steroid dienone is 1. The maximum absolute atomic E-state index is 9.75. The van der Waals surface area contributed by atoms with E-state index in [0.29, 0.717) is 0 Å². The van der Waals surface area contributed by atoms with Crippen molar-refractivity contribution >= 4 is 23.2 Å². The van der Waals surface area contributed by atoms with Crippen LogP contribution < -0.4 is 21.2 Å². The quantitative estimate of drug-likeness (QED) is 0.356. The molecule has 0 N–H and O–H groups in total. The van der Waals surface area contributed by atoms with Crippen molar-refractivity contribution in [3.63, 3.8) is 0 Å². The molecule has 0 aliphatic rings. The second-order valence-electron chi connectivity index (χ2n) is 4.39. The number of hydrogen-bond donors (Lipinski definition) is 0. The summed E-state index contributed by atoms with van der Waals surface area (Å²) in [4.78, 5) is 0. The maximum Gasteiger partial charge on any atom is 0.673 e. The van der Waals surface area contributed by atoms with Gasteiger partial charge in [0.15, 0.2) is 7.65 Å². The van der Waals surface area contributed by atoms with Gasteiger partial charge in [0.25, 0.3) is 0 Å². The number of rotatable bonds is 5. The van der Waals surface area contributed by atoms with Crippen molar-refractivity contribution in [3.05, 3.63) is 42.5 Å². The van der Waals surface area contributed by atoms with Gasteiger partial charge in [0.2, 0.25) is 0 Å². The van der Waals surface area contributed by atoms with Gasteiger partial charge in [0.05, 0.1) is 0 Å². The van der Waals surface area contributed by atoms with Crippen molar-refractivity contribution in [1.82, 2.24) is 0 Å². The van der Waals surface area contributed by atoms with Crippen molar-refractivity contribution < 1.29 is 38.5 Å². The second-order valence-corrected chi connectivity index (χ2v) is 7.90. The molecule has 0 fully saturated rings. The molecule has 0 aliphatic carbocycles. The van der Waals surface area contributed by atoms with Crippen molar-refractivity contribution in [2.24, 2.45) is 5.92 Å². The number of halogens is 6. The highest BCUT2D eigenvalue weighted by molar-refractivity contribution is 9.11. The molecule has 20 heavy (non-hydrogen) atoms. The van der Waals surface area contributed by atoms with Crippen LogP contribution in [-0.2, 0) is 0 Å². The Morgan fingerprint density at radius 2 is 1.70 bits per heavy atom. The zero-order valence-electron chi connectivity index (χ0n) is 11.3. The molecule has 0 spiro atoms. The summed E-state index contributed by atoms with van der Waals surface area (Å²) in [5, 5.41) is 0. The molecule has 0 unspecified atom stereocenters. The Hall–Kier alpha value is -0.0451. The van der Waals surface area contributed by atoms with Crippen LogP contribution in [0.3, 0.4) is 0 Å². The Morgan fingerprint density at radius 3 is 2.15 bits per heavy atom. The Kier molecular flexibility index (Phi) is 10.6. The Morgan fingerprint density at radius 1 is 1.20 bits per heavy atom. The molecule has 0 saturated carbocycles. The van der Waals surface area contributed by atoms with Crippen LogP contribution in [0.1, 0.15) is 26.7 Å². The van der Waals surface area contributed by atoms with Crippen LogP contribution in [0.15, 0.2) is 38.9 Å². The first-order chi connectivity index (χ1) is 9.18. The third kappa shape index (κ3) is 16.0. The van der Waals surface area contributed by atoms with E-state index in [-0.39, 0.29) is 21.2 Å². The predicted molar refractivity (Wildman–Crippen MR) is 76.4 cm³/mol. The molecular formula is C13H17BBrF4I. The zero-order valence-corrected chi connectivity index (χ0v) is 15.0. The predicted octanol–water partition coefficient (Wildman–Crippen LogP) is 2.92. The molecule has 0 bridgehead atoms. The highest BCUT2D eigenvalue weighted by Crippen LogP contribution is 2.14. The van der Waals surface area contributed by atoms with Gasteiger partial charge >= 0.3 is 28.5 Å². The third-order valence-corrected chi connectivity index (χ3v) is 5.98. The standard InChI is InChI=1S/C13H17BrI.BF4/c1-11(2)8-9-12(14)10-15-13-6-4-3-5-7-13;2-1(3,4)5/h3-7,10-11H,8-9H2,1-2H3;/q+1;-1/b12-10-;. The molecule has 1 rings (SSSR count). The third-order valence-electron chi connectivity index (χ3n) is 1.99. The SMILES string of the molecule is CC(C)CC/C(Br)=C/[I+]c1ccccc1.F[B-](F)(F)F. The fourth-order valence-corrected chi connectivity index (χ4v) is 3.74. The van der Waals surface area contributed by atoms with Gasteiger partial charge in [-0.2, -0.15) is 0 Å². The lowest BCUT2D eigenvalue weighted by molar-refractivity contribution is -0.557. The van der Waals surface area contributed by atoms with E-state index in [0.717, 1.165) is 5.92 Å². The van der Waals surface area contributed by atoms with E-state index in [4.69, 9.17) is 0 Å². The van der Waals surface area contributed by atoms with Gasteiger partial charge in [-0.25, -0.2) is 0 Å². The molecule has 114 valence electrons. The monoisotopic (exact) mass is 466 g/mol. The molecule has 0 nitrogen and oxygen atoms in total. The fraction of sp³-hybridized carbons (Fsp3) is 0.385. The van der Waals surface area contributed by atoms with Crippen LogP contribution in [0.4, 0.5) is 17.3 Å². The van der Waals surface area contributed by atoms with E-state index in [2.05, 4.69) is 64.2 Å². The van der Waals surface area contributed by atoms with E-state index in [1.54, 1.807) is 0 Å². The fourth-order valence-electron chi connectivity index (χ4n) is 1.09. The molecule has 1 aromatic rings. The Bertz CT molecular complexity index is 387. The lowest BCUT2D eigenvalue weighted by Crippen LogP contribution is -3.59. The molecule has 0 atom stereocenters. The molecular weight excluding hydrogens is 450 g/mol. The van der Waals surface area contributed by atoms with Crippen LogP contribution in [0, 0.1) is 9.49 Å². The molecule has 0 amide bonds. The van der Waals surface area contributed by atoms with E-state index in [9.17, 15) is 17.3 Å². The number of benzene rings is 1. The first kappa shape index (κ1) is 20.0.